The van der Waals surface area contributed by atoms with Crippen LogP contribution in [0.3, 0.4) is 0 Å². The molecule has 2 aromatic heterocycles. The SMILES string of the molecule is CC(C)(C)c1ccc(N(c2cc(N(c3ccc(C(C)(C)C)cc3)c3cccc4c3oc3ccccc34)c3ccc4cc(C5CCCCC5)cc5ccc2c3c54)c2cccc3c2oc2ccccc23)cc1. The van der Waals surface area contributed by atoms with E-state index in [0.717, 1.165) is 78.0 Å². The first kappa shape index (κ1) is 42.5. The zero-order valence-electron chi connectivity index (χ0n) is 41.1. The Bertz CT molecular complexity index is 3700. The molecular formula is C66H58N2O2. The van der Waals surface area contributed by atoms with Crippen LogP contribution in [-0.4, -0.2) is 0 Å². The fourth-order valence-corrected chi connectivity index (χ4v) is 11.8. The van der Waals surface area contributed by atoms with E-state index in [0.29, 0.717) is 5.92 Å². The number of hydrogen-bond acceptors (Lipinski definition) is 4. The van der Waals surface area contributed by atoms with Crippen molar-refractivity contribution in [2.24, 2.45) is 0 Å². The molecule has 1 aliphatic rings. The Morgan fingerprint density at radius 3 is 1.29 bits per heavy atom. The van der Waals surface area contributed by atoms with Crippen molar-refractivity contribution in [2.45, 2.75) is 90.4 Å². The molecule has 10 aromatic carbocycles. The van der Waals surface area contributed by atoms with Crippen LogP contribution >= 0.6 is 0 Å². The smallest absolute Gasteiger partial charge is 0.159 e. The van der Waals surface area contributed by atoms with Gasteiger partial charge in [-0.05, 0) is 117 Å². The molecule has 344 valence electrons. The van der Waals surface area contributed by atoms with Gasteiger partial charge in [-0.15, -0.1) is 0 Å². The number of nitrogens with zero attached hydrogens (tertiary/aromatic N) is 2. The minimum Gasteiger partial charge on any atom is -0.454 e. The van der Waals surface area contributed by atoms with Crippen molar-refractivity contribution >= 4 is 110 Å². The lowest BCUT2D eigenvalue weighted by Crippen LogP contribution is -2.16. The zero-order valence-corrected chi connectivity index (χ0v) is 41.1. The second-order valence-corrected chi connectivity index (χ2v) is 22.0. The summed E-state index contributed by atoms with van der Waals surface area (Å²) < 4.78 is 13.9. The predicted octanol–water partition coefficient (Wildman–Crippen LogP) is 20.0. The number of fused-ring (bicyclic) bond motifs is 6. The third-order valence-corrected chi connectivity index (χ3v) is 15.5. The Morgan fingerprint density at radius 1 is 0.386 bits per heavy atom. The van der Waals surface area contributed by atoms with Gasteiger partial charge in [0.05, 0.1) is 22.7 Å². The van der Waals surface area contributed by atoms with Crippen LogP contribution < -0.4 is 9.80 Å². The van der Waals surface area contributed by atoms with E-state index in [1.54, 1.807) is 0 Å². The van der Waals surface area contributed by atoms with Crippen molar-refractivity contribution in [2.75, 3.05) is 9.80 Å². The molecule has 2 heterocycles. The van der Waals surface area contributed by atoms with E-state index in [9.17, 15) is 0 Å². The molecule has 1 saturated carbocycles. The zero-order chi connectivity index (χ0) is 47.5. The van der Waals surface area contributed by atoms with Crippen molar-refractivity contribution in [3.05, 3.63) is 193 Å². The normalized spacial score (nSPS) is 14.1. The molecule has 12 aromatic rings. The molecule has 0 amide bonds. The van der Waals surface area contributed by atoms with Gasteiger partial charge in [0.1, 0.15) is 11.2 Å². The monoisotopic (exact) mass is 910 g/mol. The van der Waals surface area contributed by atoms with Gasteiger partial charge in [0.15, 0.2) is 11.2 Å². The first-order valence-electron chi connectivity index (χ1n) is 25.4. The van der Waals surface area contributed by atoms with Crippen molar-refractivity contribution < 1.29 is 8.83 Å². The van der Waals surface area contributed by atoms with Gasteiger partial charge in [-0.25, -0.2) is 0 Å². The summed E-state index contributed by atoms with van der Waals surface area (Å²) in [6.07, 6.45) is 6.46. The molecule has 0 atom stereocenters. The third-order valence-electron chi connectivity index (χ3n) is 15.5. The average molecular weight is 911 g/mol. The highest BCUT2D eigenvalue weighted by atomic mass is 16.3. The van der Waals surface area contributed by atoms with Gasteiger partial charge in [0.2, 0.25) is 0 Å². The minimum atomic E-state index is -0.0144. The molecule has 0 unspecified atom stereocenters. The first-order chi connectivity index (χ1) is 34.0. The van der Waals surface area contributed by atoms with Crippen molar-refractivity contribution in [1.82, 2.24) is 0 Å². The standard InChI is InChI=1S/C66H58N2O2/c1-65(2,3)45-28-32-47(33-29-45)67(55-22-14-20-51-49-18-10-12-24-59(49)69-63(51)55)57-40-58(54-37-27-43-39-44(41-16-8-7-9-17-41)38-42-26-36-53(57)62(54)61(42)43)68(48-34-30-46(31-35-48)66(4,5)6)56-23-15-21-52-50-19-11-13-25-60(50)70-64(52)56/h10-15,18-41H,7-9,16-17H2,1-6H3. The second kappa shape index (κ2) is 16.0. The van der Waals surface area contributed by atoms with Crippen LogP contribution in [0.2, 0.25) is 0 Å². The minimum absolute atomic E-state index is 0.0144. The molecule has 70 heavy (non-hydrogen) atoms. The molecule has 1 fully saturated rings. The summed E-state index contributed by atoms with van der Waals surface area (Å²) in [5.74, 6) is 0.591. The largest absolute Gasteiger partial charge is 0.454 e. The average Bonchev–Trinajstić information content (AvgIpc) is 3.96. The van der Waals surface area contributed by atoms with E-state index in [4.69, 9.17) is 8.83 Å². The molecule has 0 aliphatic heterocycles. The van der Waals surface area contributed by atoms with Gasteiger partial charge in [-0.3, -0.25) is 0 Å². The highest BCUT2D eigenvalue weighted by molar-refractivity contribution is 6.29. The van der Waals surface area contributed by atoms with Crippen LogP contribution in [0, 0.1) is 0 Å². The lowest BCUT2D eigenvalue weighted by molar-refractivity contribution is 0.444. The fourth-order valence-electron chi connectivity index (χ4n) is 11.8. The lowest BCUT2D eigenvalue weighted by Gasteiger charge is -2.33. The van der Waals surface area contributed by atoms with E-state index in [-0.39, 0.29) is 10.8 Å². The maximum absolute atomic E-state index is 6.95. The van der Waals surface area contributed by atoms with E-state index >= 15 is 0 Å². The van der Waals surface area contributed by atoms with Gasteiger partial charge in [-0.2, -0.15) is 0 Å². The fraction of sp³-hybridized carbons (Fsp3) is 0.212. The van der Waals surface area contributed by atoms with E-state index in [1.165, 1.54) is 81.1 Å². The number of rotatable bonds is 7. The summed E-state index contributed by atoms with van der Waals surface area (Å²) in [6.45, 7) is 13.7. The number of benzene rings is 10. The highest BCUT2D eigenvalue weighted by Crippen LogP contribution is 2.53. The van der Waals surface area contributed by atoms with E-state index in [2.05, 4.69) is 227 Å². The maximum Gasteiger partial charge on any atom is 0.159 e. The molecule has 0 spiro atoms. The Hall–Kier alpha value is -7.56. The summed E-state index contributed by atoms with van der Waals surface area (Å²) >= 11 is 0. The van der Waals surface area contributed by atoms with Crippen molar-refractivity contribution in [3.8, 4) is 0 Å². The van der Waals surface area contributed by atoms with Crippen LogP contribution in [-0.2, 0) is 10.8 Å². The van der Waals surface area contributed by atoms with Crippen molar-refractivity contribution in [1.29, 1.82) is 0 Å². The van der Waals surface area contributed by atoms with Gasteiger partial charge in [0.25, 0.3) is 0 Å². The Labute approximate surface area is 410 Å². The van der Waals surface area contributed by atoms with Crippen LogP contribution in [0.1, 0.15) is 96.3 Å². The molecule has 0 bridgehead atoms. The third kappa shape index (κ3) is 6.86. The van der Waals surface area contributed by atoms with E-state index < -0.39 is 0 Å². The maximum atomic E-state index is 6.95. The van der Waals surface area contributed by atoms with Gasteiger partial charge >= 0.3 is 0 Å². The quantitative estimate of drug-likeness (QED) is 0.149. The molecule has 0 N–H and O–H groups in total. The van der Waals surface area contributed by atoms with Gasteiger partial charge in [-0.1, -0.05) is 182 Å². The molecule has 1 aliphatic carbocycles. The summed E-state index contributed by atoms with van der Waals surface area (Å²) in [4.78, 5) is 4.92. The lowest BCUT2D eigenvalue weighted by atomic mass is 9.82. The predicted molar refractivity (Wildman–Crippen MR) is 297 cm³/mol. The van der Waals surface area contributed by atoms with Gasteiger partial charge in [0, 0.05) is 49.1 Å². The summed E-state index contributed by atoms with van der Waals surface area (Å²) in [5.41, 5.74) is 13.7. The van der Waals surface area contributed by atoms with Crippen LogP contribution in [0.5, 0.6) is 0 Å². The molecule has 4 heteroatoms. The number of furan rings is 2. The molecular weight excluding hydrogens is 853 g/mol. The molecule has 13 rings (SSSR count). The second-order valence-electron chi connectivity index (χ2n) is 22.0. The molecule has 0 saturated heterocycles. The highest BCUT2D eigenvalue weighted by Gasteiger charge is 2.29. The number of para-hydroxylation sites is 4. The summed E-state index contributed by atoms with van der Waals surface area (Å²) in [6, 6.07) is 65.5. The van der Waals surface area contributed by atoms with Crippen LogP contribution in [0.4, 0.5) is 34.1 Å². The Kier molecular flexibility index (Phi) is 9.72. The van der Waals surface area contributed by atoms with Crippen LogP contribution in [0.15, 0.2) is 185 Å². The van der Waals surface area contributed by atoms with Gasteiger partial charge < -0.3 is 18.6 Å². The summed E-state index contributed by atoms with van der Waals surface area (Å²) in [5, 5.41) is 11.9. The van der Waals surface area contributed by atoms with E-state index in [1.807, 2.05) is 0 Å². The summed E-state index contributed by atoms with van der Waals surface area (Å²) in [7, 11) is 0. The molecule has 4 nitrogen and oxygen atoms in total. The number of anilines is 6. The topological polar surface area (TPSA) is 32.8 Å². The first-order valence-corrected chi connectivity index (χ1v) is 25.4. The Morgan fingerprint density at radius 2 is 0.829 bits per heavy atom. The van der Waals surface area contributed by atoms with Crippen LogP contribution in [0.25, 0.3) is 76.2 Å². The number of hydrogen-bond donors (Lipinski definition) is 0. The molecule has 0 radical (unpaired) electrons. The van der Waals surface area contributed by atoms with Crippen molar-refractivity contribution in [3.63, 3.8) is 0 Å². The Balaban J connectivity index is 1.17.